The van der Waals surface area contributed by atoms with Crippen molar-refractivity contribution in [2.45, 2.75) is 19.3 Å². The first-order chi connectivity index (χ1) is 19.3. The summed E-state index contributed by atoms with van der Waals surface area (Å²) in [4.78, 5) is 37.7. The second-order valence-electron chi connectivity index (χ2n) is 8.96. The van der Waals surface area contributed by atoms with Crippen LogP contribution in [-0.2, 0) is 9.59 Å². The molecular weight excluding hydrogens is 520 g/mol. The van der Waals surface area contributed by atoms with Gasteiger partial charge in [-0.25, -0.2) is 0 Å². The number of ether oxygens (including phenoxy) is 7. The molecule has 0 radical (unpaired) electrons. The molecule has 10 nitrogen and oxygen atoms in total. The van der Waals surface area contributed by atoms with Crippen LogP contribution in [0.5, 0.6) is 40.2 Å². The maximum absolute atomic E-state index is 13.4. The van der Waals surface area contributed by atoms with Gasteiger partial charge in [-0.1, -0.05) is 12.1 Å². The van der Waals surface area contributed by atoms with Crippen molar-refractivity contribution >= 4 is 23.8 Å². The van der Waals surface area contributed by atoms with Gasteiger partial charge >= 0.3 is 11.9 Å². The van der Waals surface area contributed by atoms with Crippen LogP contribution in [0.3, 0.4) is 0 Å². The topological polar surface area (TPSA) is 116 Å². The lowest BCUT2D eigenvalue weighted by Gasteiger charge is -2.27. The summed E-state index contributed by atoms with van der Waals surface area (Å²) in [6, 6.07) is 11.8. The molecule has 0 bridgehead atoms. The fourth-order valence-corrected chi connectivity index (χ4v) is 4.90. The number of esters is 2. The van der Waals surface area contributed by atoms with Crippen molar-refractivity contribution in [2.24, 2.45) is 0 Å². The summed E-state index contributed by atoms with van der Waals surface area (Å²) in [5.41, 5.74) is 2.05. The van der Waals surface area contributed by atoms with Gasteiger partial charge in [-0.15, -0.1) is 0 Å². The molecule has 3 aromatic carbocycles. The molecule has 0 spiro atoms. The number of fused-ring (bicyclic) bond motifs is 3. The SMILES string of the molecule is COc1cccc(/C=C2\Oc3c(ccc4c3[C@H](c3cc(OC)c(OC(C)=O)c(OC)c3)CC(=O)O4)C2=O)c1OC. The third-order valence-corrected chi connectivity index (χ3v) is 6.63. The van der Waals surface area contributed by atoms with Gasteiger partial charge in [0.05, 0.1) is 40.4 Å². The predicted octanol–water partition coefficient (Wildman–Crippen LogP) is 4.70. The average molecular weight is 547 g/mol. The Morgan fingerprint density at radius 1 is 0.875 bits per heavy atom. The van der Waals surface area contributed by atoms with Gasteiger partial charge in [0.15, 0.2) is 28.8 Å². The van der Waals surface area contributed by atoms with Crippen LogP contribution in [0.4, 0.5) is 0 Å². The fourth-order valence-electron chi connectivity index (χ4n) is 4.90. The van der Waals surface area contributed by atoms with E-state index in [9.17, 15) is 14.4 Å². The minimum Gasteiger partial charge on any atom is -0.493 e. The van der Waals surface area contributed by atoms with Crippen molar-refractivity contribution in [2.75, 3.05) is 28.4 Å². The zero-order valence-corrected chi connectivity index (χ0v) is 22.5. The maximum atomic E-state index is 13.4. The largest absolute Gasteiger partial charge is 0.493 e. The summed E-state index contributed by atoms with van der Waals surface area (Å²) in [5, 5.41) is 0. The second-order valence-corrected chi connectivity index (χ2v) is 8.96. The quantitative estimate of drug-likeness (QED) is 0.234. The van der Waals surface area contributed by atoms with Gasteiger partial charge in [0, 0.05) is 24.0 Å². The number of methoxy groups -OCH3 is 4. The number of allylic oxidation sites excluding steroid dienone is 1. The smallest absolute Gasteiger partial charge is 0.312 e. The highest BCUT2D eigenvalue weighted by Gasteiger charge is 2.39. The number of benzene rings is 3. The lowest BCUT2D eigenvalue weighted by atomic mass is 9.84. The number of carbonyl (C=O) groups is 3. The standard InChI is InChI=1S/C30H26O10/c1-15(31)38-30-23(35-3)12-17(13-24(30)36-4)19-14-25(32)39-20-10-9-18-27(33)22(40-29(18)26(19)20)11-16-7-6-8-21(34-2)28(16)37-5/h6-13,19H,14H2,1-5H3/b22-11-/t19-/m0/s1. The van der Waals surface area contributed by atoms with E-state index in [1.54, 1.807) is 48.5 Å². The first-order valence-electron chi connectivity index (χ1n) is 12.3. The van der Waals surface area contributed by atoms with Crippen molar-refractivity contribution < 1.29 is 47.5 Å². The molecule has 10 heteroatoms. The Hall–Kier alpha value is -4.99. The van der Waals surface area contributed by atoms with E-state index < -0.39 is 17.9 Å². The third kappa shape index (κ3) is 4.57. The van der Waals surface area contributed by atoms with Crippen molar-refractivity contribution in [3.63, 3.8) is 0 Å². The van der Waals surface area contributed by atoms with E-state index >= 15 is 0 Å². The van der Waals surface area contributed by atoms with Crippen LogP contribution >= 0.6 is 0 Å². The molecule has 40 heavy (non-hydrogen) atoms. The summed E-state index contributed by atoms with van der Waals surface area (Å²) in [7, 11) is 5.89. The summed E-state index contributed by atoms with van der Waals surface area (Å²) in [5.74, 6) is 0.250. The summed E-state index contributed by atoms with van der Waals surface area (Å²) < 4.78 is 38.8. The first kappa shape index (κ1) is 26.6. The van der Waals surface area contributed by atoms with Gasteiger partial charge < -0.3 is 33.2 Å². The van der Waals surface area contributed by atoms with Crippen LogP contribution in [0.1, 0.15) is 46.3 Å². The Balaban J connectivity index is 1.63. The normalized spacial score (nSPS) is 16.4. The number of carbonyl (C=O) groups excluding carboxylic acids is 3. The van der Waals surface area contributed by atoms with E-state index in [1.165, 1.54) is 35.4 Å². The minimum atomic E-state index is -0.584. The molecule has 2 heterocycles. The van der Waals surface area contributed by atoms with E-state index in [-0.39, 0.29) is 46.7 Å². The van der Waals surface area contributed by atoms with E-state index in [1.807, 2.05) is 0 Å². The highest BCUT2D eigenvalue weighted by Crippen LogP contribution is 2.51. The molecule has 0 N–H and O–H groups in total. The van der Waals surface area contributed by atoms with Gasteiger partial charge in [-0.3, -0.25) is 14.4 Å². The highest BCUT2D eigenvalue weighted by atomic mass is 16.6. The summed E-state index contributed by atoms with van der Waals surface area (Å²) in [6.45, 7) is 1.27. The van der Waals surface area contributed by atoms with Gasteiger partial charge in [-0.05, 0) is 42.0 Å². The van der Waals surface area contributed by atoms with Crippen molar-refractivity contribution in [3.8, 4) is 40.2 Å². The van der Waals surface area contributed by atoms with Gasteiger partial charge in [0.1, 0.15) is 11.5 Å². The lowest BCUT2D eigenvalue weighted by molar-refractivity contribution is -0.135. The van der Waals surface area contributed by atoms with E-state index in [2.05, 4.69) is 0 Å². The van der Waals surface area contributed by atoms with E-state index in [4.69, 9.17) is 33.2 Å². The van der Waals surface area contributed by atoms with Crippen LogP contribution in [0.25, 0.3) is 6.08 Å². The Labute approximate surface area is 230 Å². The van der Waals surface area contributed by atoms with Crippen LogP contribution < -0.4 is 33.2 Å². The average Bonchev–Trinajstić information content (AvgIpc) is 3.26. The van der Waals surface area contributed by atoms with Gasteiger partial charge in [-0.2, -0.15) is 0 Å². The van der Waals surface area contributed by atoms with Crippen LogP contribution in [0.15, 0.2) is 48.2 Å². The second kappa shape index (κ2) is 10.6. The number of Topliss-reactive ketones (excluding diaryl/α,β-unsaturated/α-hetero) is 1. The van der Waals surface area contributed by atoms with Crippen LogP contribution in [0.2, 0.25) is 0 Å². The van der Waals surface area contributed by atoms with Gasteiger partial charge in [0.25, 0.3) is 0 Å². The summed E-state index contributed by atoms with van der Waals surface area (Å²) >= 11 is 0. The third-order valence-electron chi connectivity index (χ3n) is 6.63. The molecule has 0 aliphatic carbocycles. The number of ketones is 1. The molecule has 5 rings (SSSR count). The molecule has 0 saturated carbocycles. The maximum Gasteiger partial charge on any atom is 0.312 e. The molecule has 2 aliphatic rings. The van der Waals surface area contributed by atoms with Crippen molar-refractivity contribution in [1.29, 1.82) is 0 Å². The van der Waals surface area contributed by atoms with E-state index in [0.29, 0.717) is 33.8 Å². The van der Waals surface area contributed by atoms with Crippen molar-refractivity contribution in [1.82, 2.24) is 0 Å². The number of hydrogen-bond acceptors (Lipinski definition) is 10. The fraction of sp³-hybridized carbons (Fsp3) is 0.233. The first-order valence-corrected chi connectivity index (χ1v) is 12.3. The number of rotatable bonds is 7. The van der Waals surface area contributed by atoms with Crippen molar-refractivity contribution in [3.05, 3.63) is 70.5 Å². The zero-order valence-electron chi connectivity index (χ0n) is 22.5. The molecule has 0 amide bonds. The number of hydrogen-bond donors (Lipinski definition) is 0. The van der Waals surface area contributed by atoms with Crippen LogP contribution in [-0.4, -0.2) is 46.2 Å². The molecule has 1 atom stereocenters. The molecule has 2 aliphatic heterocycles. The molecule has 206 valence electrons. The Morgan fingerprint density at radius 3 is 2.20 bits per heavy atom. The summed E-state index contributed by atoms with van der Waals surface area (Å²) in [6.07, 6.45) is 1.54. The molecular formula is C30H26O10. The molecule has 0 fully saturated rings. The molecule has 3 aromatic rings. The molecule has 0 aromatic heterocycles. The van der Waals surface area contributed by atoms with E-state index in [0.717, 1.165) is 0 Å². The highest BCUT2D eigenvalue weighted by molar-refractivity contribution is 6.15. The minimum absolute atomic E-state index is 0.0387. The Kier molecular flexibility index (Phi) is 7.08. The van der Waals surface area contributed by atoms with Crippen LogP contribution in [0, 0.1) is 0 Å². The monoisotopic (exact) mass is 546 g/mol. The Morgan fingerprint density at radius 2 is 1.57 bits per heavy atom. The Bertz CT molecular complexity index is 1540. The molecule has 0 saturated heterocycles. The van der Waals surface area contributed by atoms with Gasteiger partial charge in [0.2, 0.25) is 11.5 Å². The zero-order chi connectivity index (χ0) is 28.6. The number of para-hydroxylation sites is 1. The predicted molar refractivity (Wildman–Crippen MR) is 142 cm³/mol. The lowest BCUT2D eigenvalue weighted by Crippen LogP contribution is -2.21. The molecule has 0 unspecified atom stereocenters.